The number of imidazole rings is 1. The van der Waals surface area contributed by atoms with Crippen LogP contribution in [0, 0.1) is 0 Å². The molecule has 100 valence electrons. The Kier molecular flexibility index (Phi) is 2.77. The molecule has 1 aromatic heterocycles. The second-order valence-electron chi connectivity index (χ2n) is 6.48. The summed E-state index contributed by atoms with van der Waals surface area (Å²) in [6, 6.07) is 6.91. The molecule has 2 nitrogen and oxygen atoms in total. The number of hydrogen-bond donors (Lipinski definition) is 1. The van der Waals surface area contributed by atoms with E-state index in [4.69, 9.17) is 0 Å². The summed E-state index contributed by atoms with van der Waals surface area (Å²) < 4.78 is 0. The van der Waals surface area contributed by atoms with Gasteiger partial charge in [-0.3, -0.25) is 0 Å². The van der Waals surface area contributed by atoms with Crippen LogP contribution in [-0.4, -0.2) is 9.97 Å². The quantitative estimate of drug-likeness (QED) is 0.817. The summed E-state index contributed by atoms with van der Waals surface area (Å²) >= 11 is 0. The first-order valence-corrected chi connectivity index (χ1v) is 7.20. The molecule has 2 heteroatoms. The van der Waals surface area contributed by atoms with Crippen molar-refractivity contribution >= 4 is 0 Å². The number of aromatic amines is 1. The van der Waals surface area contributed by atoms with E-state index in [-0.39, 0.29) is 5.41 Å². The average molecular weight is 254 g/mol. The van der Waals surface area contributed by atoms with Crippen LogP contribution in [-0.2, 0) is 24.7 Å². The molecule has 0 bridgehead atoms. The SMILES string of the molecule is CCc1nc2c([nH]1)-c1ccc(C(C)(C)C)cc1CC2. The molecule has 3 rings (SSSR count). The molecular formula is C17H22N2. The molecule has 19 heavy (non-hydrogen) atoms. The van der Waals surface area contributed by atoms with Gasteiger partial charge in [0.15, 0.2) is 0 Å². The summed E-state index contributed by atoms with van der Waals surface area (Å²) in [5, 5.41) is 0. The van der Waals surface area contributed by atoms with Gasteiger partial charge in [-0.2, -0.15) is 0 Å². The molecule has 0 saturated carbocycles. The Morgan fingerprint density at radius 2 is 2.00 bits per heavy atom. The van der Waals surface area contributed by atoms with E-state index in [0.717, 1.165) is 25.1 Å². The topological polar surface area (TPSA) is 28.7 Å². The van der Waals surface area contributed by atoms with Crippen molar-refractivity contribution in [1.82, 2.24) is 9.97 Å². The zero-order valence-electron chi connectivity index (χ0n) is 12.3. The third-order valence-electron chi connectivity index (χ3n) is 4.03. The number of benzene rings is 1. The molecule has 0 radical (unpaired) electrons. The van der Waals surface area contributed by atoms with Crippen molar-refractivity contribution < 1.29 is 0 Å². The average Bonchev–Trinajstić information content (AvgIpc) is 2.80. The Labute approximate surface area is 115 Å². The Morgan fingerprint density at radius 1 is 1.21 bits per heavy atom. The van der Waals surface area contributed by atoms with Gasteiger partial charge in [-0.15, -0.1) is 0 Å². The Bertz CT molecular complexity index is 615. The maximum absolute atomic E-state index is 4.68. The first-order valence-electron chi connectivity index (χ1n) is 7.20. The fraction of sp³-hybridized carbons (Fsp3) is 0.471. The van der Waals surface area contributed by atoms with Crippen molar-refractivity contribution in [1.29, 1.82) is 0 Å². The molecule has 1 heterocycles. The maximum atomic E-state index is 4.68. The molecule has 1 aliphatic carbocycles. The number of nitrogens with zero attached hydrogens (tertiary/aromatic N) is 1. The van der Waals surface area contributed by atoms with E-state index < -0.39 is 0 Å². The molecule has 1 N–H and O–H groups in total. The smallest absolute Gasteiger partial charge is 0.106 e. The zero-order chi connectivity index (χ0) is 13.6. The molecule has 1 aromatic carbocycles. The summed E-state index contributed by atoms with van der Waals surface area (Å²) in [6.07, 6.45) is 3.15. The molecule has 2 aromatic rings. The molecule has 0 unspecified atom stereocenters. The van der Waals surface area contributed by atoms with Crippen molar-refractivity contribution in [3.63, 3.8) is 0 Å². The van der Waals surface area contributed by atoms with Crippen LogP contribution in [0.1, 0.15) is 50.3 Å². The van der Waals surface area contributed by atoms with Crippen LogP contribution in [0.15, 0.2) is 18.2 Å². The van der Waals surface area contributed by atoms with Gasteiger partial charge in [0.1, 0.15) is 5.82 Å². The lowest BCUT2D eigenvalue weighted by Crippen LogP contribution is -2.13. The fourth-order valence-electron chi connectivity index (χ4n) is 2.80. The molecule has 0 spiro atoms. The third-order valence-corrected chi connectivity index (χ3v) is 4.03. The summed E-state index contributed by atoms with van der Waals surface area (Å²) in [6.45, 7) is 8.96. The largest absolute Gasteiger partial charge is 0.342 e. The minimum absolute atomic E-state index is 0.220. The molecular weight excluding hydrogens is 232 g/mol. The number of aryl methyl sites for hydroxylation is 3. The number of H-pyrrole nitrogens is 1. The highest BCUT2D eigenvalue weighted by atomic mass is 14.9. The lowest BCUT2D eigenvalue weighted by Gasteiger charge is -2.23. The van der Waals surface area contributed by atoms with E-state index in [1.165, 1.54) is 28.1 Å². The Hall–Kier alpha value is -1.57. The van der Waals surface area contributed by atoms with Gasteiger partial charge in [-0.05, 0) is 29.4 Å². The van der Waals surface area contributed by atoms with E-state index in [1.807, 2.05) is 0 Å². The van der Waals surface area contributed by atoms with Crippen molar-refractivity contribution in [2.24, 2.45) is 0 Å². The number of hydrogen-bond acceptors (Lipinski definition) is 1. The molecule has 0 aliphatic heterocycles. The minimum Gasteiger partial charge on any atom is -0.342 e. The maximum Gasteiger partial charge on any atom is 0.106 e. The van der Waals surface area contributed by atoms with Crippen molar-refractivity contribution in [2.75, 3.05) is 0 Å². The highest BCUT2D eigenvalue weighted by molar-refractivity contribution is 5.69. The molecule has 1 aliphatic rings. The van der Waals surface area contributed by atoms with Gasteiger partial charge in [0.2, 0.25) is 0 Å². The predicted molar refractivity (Wildman–Crippen MR) is 79.5 cm³/mol. The summed E-state index contributed by atoms with van der Waals surface area (Å²) in [5.41, 5.74) is 6.95. The zero-order valence-corrected chi connectivity index (χ0v) is 12.3. The second-order valence-corrected chi connectivity index (χ2v) is 6.48. The van der Waals surface area contributed by atoms with Gasteiger partial charge in [-0.25, -0.2) is 4.98 Å². The third kappa shape index (κ3) is 2.09. The van der Waals surface area contributed by atoms with Gasteiger partial charge < -0.3 is 4.98 Å². The van der Waals surface area contributed by atoms with Gasteiger partial charge in [0, 0.05) is 12.0 Å². The van der Waals surface area contributed by atoms with Crippen LogP contribution in [0.2, 0.25) is 0 Å². The lowest BCUT2D eigenvalue weighted by molar-refractivity contribution is 0.589. The van der Waals surface area contributed by atoms with Gasteiger partial charge in [0.05, 0.1) is 11.4 Å². The number of aromatic nitrogens is 2. The normalized spacial score (nSPS) is 14.1. The first-order chi connectivity index (χ1) is 8.99. The van der Waals surface area contributed by atoms with Gasteiger partial charge >= 0.3 is 0 Å². The highest BCUT2D eigenvalue weighted by Gasteiger charge is 2.22. The van der Waals surface area contributed by atoms with E-state index in [1.54, 1.807) is 0 Å². The lowest BCUT2D eigenvalue weighted by atomic mass is 9.82. The van der Waals surface area contributed by atoms with E-state index in [0.29, 0.717) is 0 Å². The molecule has 0 atom stereocenters. The number of fused-ring (bicyclic) bond motifs is 3. The summed E-state index contributed by atoms with van der Waals surface area (Å²) in [4.78, 5) is 8.17. The van der Waals surface area contributed by atoms with Crippen molar-refractivity contribution in [3.8, 4) is 11.3 Å². The molecule has 0 saturated heterocycles. The fourth-order valence-corrected chi connectivity index (χ4v) is 2.80. The van der Waals surface area contributed by atoms with E-state index in [2.05, 4.69) is 55.9 Å². The Balaban J connectivity index is 2.10. The van der Waals surface area contributed by atoms with Crippen molar-refractivity contribution in [2.45, 2.75) is 52.4 Å². The van der Waals surface area contributed by atoms with Gasteiger partial charge in [-0.1, -0.05) is 45.9 Å². The van der Waals surface area contributed by atoms with Crippen LogP contribution in [0.4, 0.5) is 0 Å². The first kappa shape index (κ1) is 12.5. The minimum atomic E-state index is 0.220. The van der Waals surface area contributed by atoms with Crippen molar-refractivity contribution in [3.05, 3.63) is 40.8 Å². The number of nitrogens with one attached hydrogen (secondary N) is 1. The van der Waals surface area contributed by atoms with Crippen LogP contribution < -0.4 is 0 Å². The van der Waals surface area contributed by atoms with E-state index in [9.17, 15) is 0 Å². The monoisotopic (exact) mass is 254 g/mol. The molecule has 0 fully saturated rings. The van der Waals surface area contributed by atoms with Crippen LogP contribution in [0.3, 0.4) is 0 Å². The van der Waals surface area contributed by atoms with Crippen LogP contribution in [0.5, 0.6) is 0 Å². The standard InChI is InChI=1S/C17H22N2/c1-5-15-18-14-9-6-11-10-12(17(2,3)4)7-8-13(11)16(14)19-15/h7-8,10H,5-6,9H2,1-4H3,(H,18,19). The second kappa shape index (κ2) is 4.22. The summed E-state index contributed by atoms with van der Waals surface area (Å²) in [7, 11) is 0. The van der Waals surface area contributed by atoms with Crippen LogP contribution in [0.25, 0.3) is 11.3 Å². The van der Waals surface area contributed by atoms with E-state index >= 15 is 0 Å². The highest BCUT2D eigenvalue weighted by Crippen LogP contribution is 2.34. The Morgan fingerprint density at radius 3 is 2.68 bits per heavy atom. The molecule has 0 amide bonds. The number of rotatable bonds is 1. The predicted octanol–water partition coefficient (Wildman–Crippen LogP) is 4.04. The van der Waals surface area contributed by atoms with Crippen LogP contribution >= 0.6 is 0 Å². The van der Waals surface area contributed by atoms with Gasteiger partial charge in [0.25, 0.3) is 0 Å². The summed E-state index contributed by atoms with van der Waals surface area (Å²) in [5.74, 6) is 1.11.